The van der Waals surface area contributed by atoms with Gasteiger partial charge in [0.2, 0.25) is 5.91 Å². The highest BCUT2D eigenvalue weighted by Crippen LogP contribution is 2.52. The van der Waals surface area contributed by atoms with Crippen molar-refractivity contribution in [3.8, 4) is 5.75 Å². The van der Waals surface area contributed by atoms with Crippen LogP contribution < -0.4 is 14.7 Å². The van der Waals surface area contributed by atoms with Crippen molar-refractivity contribution in [1.82, 2.24) is 4.98 Å². The molecular formula is C17H13N2O5S-. The highest BCUT2D eigenvalue weighted by Gasteiger charge is 2.65. The fourth-order valence-electron chi connectivity index (χ4n) is 4.07. The number of carbonyl (C=O) groups is 2. The van der Waals surface area contributed by atoms with E-state index in [4.69, 9.17) is 9.47 Å². The lowest BCUT2D eigenvalue weighted by atomic mass is 9.77. The molecule has 4 heterocycles. The average Bonchev–Trinajstić information content (AvgIpc) is 3.32. The molecule has 7 nitrogen and oxygen atoms in total. The first kappa shape index (κ1) is 14.9. The van der Waals surface area contributed by atoms with Crippen LogP contribution >= 0.6 is 11.3 Å². The summed E-state index contributed by atoms with van der Waals surface area (Å²) < 4.78 is 12.0. The predicted octanol–water partition coefficient (Wildman–Crippen LogP) is 0.341. The van der Waals surface area contributed by atoms with E-state index in [9.17, 15) is 14.7 Å². The van der Waals surface area contributed by atoms with Crippen LogP contribution in [0.1, 0.15) is 0 Å². The fourth-order valence-corrected chi connectivity index (χ4v) is 5.02. The summed E-state index contributed by atoms with van der Waals surface area (Å²) >= 11 is 1.38. The number of amides is 1. The molecule has 25 heavy (non-hydrogen) atoms. The van der Waals surface area contributed by atoms with Gasteiger partial charge in [-0.3, -0.25) is 9.69 Å². The van der Waals surface area contributed by atoms with Crippen molar-refractivity contribution >= 4 is 38.6 Å². The topological polar surface area (TPSA) is 91.8 Å². The molecule has 3 aliphatic heterocycles. The Morgan fingerprint density at radius 3 is 3.12 bits per heavy atom. The number of thiazole rings is 1. The minimum atomic E-state index is -1.24. The Balaban J connectivity index is 1.55. The number of anilines is 1. The molecule has 0 unspecified atom stereocenters. The van der Waals surface area contributed by atoms with Crippen molar-refractivity contribution in [3.05, 3.63) is 30.4 Å². The summed E-state index contributed by atoms with van der Waals surface area (Å²) in [6.07, 6.45) is 2.95. The number of hydrogen-bond donors (Lipinski definition) is 0. The van der Waals surface area contributed by atoms with E-state index in [1.165, 1.54) is 16.2 Å². The molecule has 5 rings (SSSR count). The molecule has 0 aliphatic carbocycles. The lowest BCUT2D eigenvalue weighted by Gasteiger charge is -2.24. The zero-order chi connectivity index (χ0) is 17.3. The molecule has 2 saturated heterocycles. The molecule has 4 atom stereocenters. The van der Waals surface area contributed by atoms with Gasteiger partial charge in [-0.2, -0.15) is 0 Å². The van der Waals surface area contributed by atoms with Crippen LogP contribution in [-0.4, -0.2) is 42.2 Å². The van der Waals surface area contributed by atoms with E-state index in [1.807, 2.05) is 18.2 Å². The second-order valence-corrected chi connectivity index (χ2v) is 7.48. The molecule has 1 aromatic heterocycles. The predicted molar refractivity (Wildman–Crippen MR) is 87.3 cm³/mol. The summed E-state index contributed by atoms with van der Waals surface area (Å²) in [6.45, 7) is 0.268. The summed E-state index contributed by atoms with van der Waals surface area (Å²) in [5.74, 6) is -2.53. The van der Waals surface area contributed by atoms with Crippen LogP contribution in [0.3, 0.4) is 0 Å². The maximum atomic E-state index is 12.9. The van der Waals surface area contributed by atoms with Crippen molar-refractivity contribution in [2.75, 3.05) is 18.6 Å². The molecule has 0 N–H and O–H groups in total. The lowest BCUT2D eigenvalue weighted by Crippen LogP contribution is -2.45. The largest absolute Gasteiger partial charge is 0.550 e. The molecule has 3 aliphatic rings. The van der Waals surface area contributed by atoms with Crippen molar-refractivity contribution in [3.63, 3.8) is 0 Å². The highest BCUT2D eigenvalue weighted by molar-refractivity contribution is 7.22. The maximum absolute atomic E-state index is 12.9. The van der Waals surface area contributed by atoms with Crippen LogP contribution in [0.25, 0.3) is 10.2 Å². The minimum absolute atomic E-state index is 0.268. The van der Waals surface area contributed by atoms with Gasteiger partial charge in [-0.1, -0.05) is 23.5 Å². The second-order valence-electron chi connectivity index (χ2n) is 6.47. The lowest BCUT2D eigenvalue weighted by molar-refractivity contribution is -0.313. The van der Waals surface area contributed by atoms with Gasteiger partial charge in [0.15, 0.2) is 5.13 Å². The van der Waals surface area contributed by atoms with Gasteiger partial charge >= 0.3 is 0 Å². The zero-order valence-electron chi connectivity index (χ0n) is 13.2. The fraction of sp³-hybridized carbons (Fsp3) is 0.353. The van der Waals surface area contributed by atoms with E-state index in [2.05, 4.69) is 4.98 Å². The summed E-state index contributed by atoms with van der Waals surface area (Å²) in [6, 6.07) is 5.53. The first-order valence-corrected chi connectivity index (χ1v) is 8.68. The first-order valence-electron chi connectivity index (χ1n) is 7.86. The van der Waals surface area contributed by atoms with Crippen LogP contribution in [-0.2, 0) is 14.3 Å². The number of ether oxygens (including phenoxy) is 2. The van der Waals surface area contributed by atoms with Crippen LogP contribution in [0.15, 0.2) is 30.4 Å². The van der Waals surface area contributed by atoms with Gasteiger partial charge in [0.1, 0.15) is 11.4 Å². The third-order valence-corrected chi connectivity index (χ3v) is 6.25. The Kier molecular flexibility index (Phi) is 2.85. The smallest absolute Gasteiger partial charge is 0.236 e. The molecular weight excluding hydrogens is 344 g/mol. The molecule has 0 radical (unpaired) electrons. The number of methoxy groups -OCH3 is 1. The van der Waals surface area contributed by atoms with Gasteiger partial charge in [-0.05, 0) is 12.1 Å². The molecule has 1 spiro atoms. The van der Waals surface area contributed by atoms with Crippen molar-refractivity contribution in [2.24, 2.45) is 11.8 Å². The van der Waals surface area contributed by atoms with Crippen molar-refractivity contribution < 1.29 is 24.2 Å². The molecule has 2 bridgehead atoms. The quantitative estimate of drug-likeness (QED) is 0.736. The van der Waals surface area contributed by atoms with E-state index < -0.39 is 29.5 Å². The number of nitrogens with zero attached hydrogens (tertiary/aromatic N) is 2. The van der Waals surface area contributed by atoms with Gasteiger partial charge in [0.25, 0.3) is 0 Å². The Hall–Kier alpha value is -2.45. The molecule has 128 valence electrons. The average molecular weight is 357 g/mol. The SMILES string of the molecule is COc1ccc2sc(N3C[C@@]45C=C[C@H](O4)[C@@H](C(=O)[O-])[C@H]5C3=O)nc2c1. The highest BCUT2D eigenvalue weighted by atomic mass is 32.1. The second kappa shape index (κ2) is 4.80. The van der Waals surface area contributed by atoms with Gasteiger partial charge in [0, 0.05) is 18.0 Å². The van der Waals surface area contributed by atoms with Crippen molar-refractivity contribution in [2.45, 2.75) is 11.7 Å². The number of rotatable bonds is 3. The van der Waals surface area contributed by atoms with Gasteiger partial charge < -0.3 is 19.4 Å². The Morgan fingerprint density at radius 2 is 2.36 bits per heavy atom. The Bertz CT molecular complexity index is 954. The molecule has 1 amide bonds. The summed E-state index contributed by atoms with van der Waals surface area (Å²) in [5, 5.41) is 12.0. The van der Waals surface area contributed by atoms with Gasteiger partial charge in [0.05, 0.1) is 35.9 Å². The molecule has 8 heteroatoms. The summed E-state index contributed by atoms with van der Waals surface area (Å²) in [7, 11) is 1.58. The Labute approximate surface area is 146 Å². The maximum Gasteiger partial charge on any atom is 0.236 e. The van der Waals surface area contributed by atoms with Gasteiger partial charge in [-0.25, -0.2) is 4.98 Å². The number of hydrogen-bond acceptors (Lipinski definition) is 7. The number of aliphatic carboxylic acids is 1. The number of carboxylic acid groups (broad SMARTS) is 1. The monoisotopic (exact) mass is 357 g/mol. The number of aromatic nitrogens is 1. The van der Waals surface area contributed by atoms with Crippen LogP contribution in [0.2, 0.25) is 0 Å². The van der Waals surface area contributed by atoms with Gasteiger partial charge in [-0.15, -0.1) is 0 Å². The van der Waals surface area contributed by atoms with E-state index >= 15 is 0 Å². The number of benzene rings is 1. The third-order valence-electron chi connectivity index (χ3n) is 5.19. The number of carbonyl (C=O) groups excluding carboxylic acids is 2. The van der Waals surface area contributed by atoms with E-state index in [0.29, 0.717) is 10.9 Å². The van der Waals surface area contributed by atoms with Crippen molar-refractivity contribution in [1.29, 1.82) is 0 Å². The van der Waals surface area contributed by atoms with Crippen LogP contribution in [0.4, 0.5) is 5.13 Å². The Morgan fingerprint density at radius 1 is 1.52 bits per heavy atom. The molecule has 1 aromatic carbocycles. The summed E-state index contributed by atoms with van der Waals surface area (Å²) in [5.41, 5.74) is -0.152. The summed E-state index contributed by atoms with van der Waals surface area (Å²) in [4.78, 5) is 30.5. The molecule has 0 saturated carbocycles. The van der Waals surface area contributed by atoms with E-state index in [1.54, 1.807) is 19.3 Å². The van der Waals surface area contributed by atoms with E-state index in [-0.39, 0.29) is 12.5 Å². The standard InChI is InChI=1S/C17H14N2O5S/c1-23-8-2-3-11-9(6-8)18-16(25-11)19-7-17-5-4-10(24-17)12(15(21)22)13(17)14(19)20/h2-6,10,12-13H,7H2,1H3,(H,21,22)/p-1/t10-,12+,13-,17+/m0/s1. The van der Waals surface area contributed by atoms with Crippen LogP contribution in [0, 0.1) is 11.8 Å². The number of fused-ring (bicyclic) bond motifs is 2. The third kappa shape index (κ3) is 1.86. The van der Waals surface area contributed by atoms with E-state index in [0.717, 1.165) is 10.2 Å². The first-order chi connectivity index (χ1) is 12.0. The minimum Gasteiger partial charge on any atom is -0.550 e. The normalized spacial score (nSPS) is 32.6. The number of carboxylic acids is 1. The zero-order valence-corrected chi connectivity index (χ0v) is 14.0. The molecule has 2 aromatic rings. The molecule has 2 fully saturated rings. The van der Waals surface area contributed by atoms with Crippen LogP contribution in [0.5, 0.6) is 5.75 Å².